The van der Waals surface area contributed by atoms with Crippen molar-refractivity contribution in [1.82, 2.24) is 29.1 Å². The molecule has 0 saturated carbocycles. The second-order valence-electron chi connectivity index (χ2n) is 7.66. The van der Waals surface area contributed by atoms with Gasteiger partial charge in [-0.3, -0.25) is 9.13 Å². The molecule has 6 heteroatoms. The predicted octanol–water partition coefficient (Wildman–Crippen LogP) is 5.46. The standard InChI is InChI=1S/C26H16N6/c1-3-9-20-17(7-1)18-11-12-22-23(24(18)32(20)26-29-15-6-16-30-26)19-8-2-4-10-21(19)31(22)25-27-13-5-14-28-25/h1-16H. The molecular formula is C26H16N6. The Balaban J connectivity index is 1.77. The zero-order valence-corrected chi connectivity index (χ0v) is 16.9. The first kappa shape index (κ1) is 17.1. The van der Waals surface area contributed by atoms with Crippen molar-refractivity contribution in [2.24, 2.45) is 0 Å². The average molecular weight is 412 g/mol. The van der Waals surface area contributed by atoms with Gasteiger partial charge in [0.2, 0.25) is 11.9 Å². The van der Waals surface area contributed by atoms with Gasteiger partial charge in [0, 0.05) is 46.3 Å². The van der Waals surface area contributed by atoms with Crippen molar-refractivity contribution in [2.45, 2.75) is 0 Å². The zero-order chi connectivity index (χ0) is 21.1. The first-order valence-corrected chi connectivity index (χ1v) is 10.4. The van der Waals surface area contributed by atoms with Crippen LogP contribution in [-0.4, -0.2) is 29.1 Å². The van der Waals surface area contributed by atoms with Crippen molar-refractivity contribution in [3.8, 4) is 11.9 Å². The summed E-state index contributed by atoms with van der Waals surface area (Å²) in [7, 11) is 0. The third-order valence-electron chi connectivity index (χ3n) is 5.97. The van der Waals surface area contributed by atoms with E-state index in [0.29, 0.717) is 11.9 Å². The monoisotopic (exact) mass is 412 g/mol. The molecule has 0 spiro atoms. The first-order chi connectivity index (χ1) is 15.9. The maximum Gasteiger partial charge on any atom is 0.234 e. The van der Waals surface area contributed by atoms with Gasteiger partial charge in [0.05, 0.1) is 22.1 Å². The molecule has 7 rings (SSSR count). The van der Waals surface area contributed by atoms with Crippen molar-refractivity contribution < 1.29 is 0 Å². The van der Waals surface area contributed by atoms with Crippen molar-refractivity contribution in [2.75, 3.05) is 0 Å². The summed E-state index contributed by atoms with van der Waals surface area (Å²) in [5, 5.41) is 4.61. The van der Waals surface area contributed by atoms with Crippen LogP contribution in [0.25, 0.3) is 55.5 Å². The molecule has 0 aliphatic carbocycles. The second-order valence-corrected chi connectivity index (χ2v) is 7.66. The lowest BCUT2D eigenvalue weighted by atomic mass is 10.1. The fraction of sp³-hybridized carbons (Fsp3) is 0. The Labute approximate surface area is 182 Å². The fourth-order valence-electron chi connectivity index (χ4n) is 4.75. The maximum atomic E-state index is 4.59. The third-order valence-corrected chi connectivity index (χ3v) is 5.97. The van der Waals surface area contributed by atoms with Crippen LogP contribution < -0.4 is 0 Å². The van der Waals surface area contributed by atoms with Crippen molar-refractivity contribution in [3.63, 3.8) is 0 Å². The Hall–Kier alpha value is -4.58. The molecule has 0 bridgehead atoms. The molecule has 0 aliphatic rings. The molecule has 4 aromatic heterocycles. The summed E-state index contributed by atoms with van der Waals surface area (Å²) in [4.78, 5) is 18.3. The van der Waals surface area contributed by atoms with Gasteiger partial charge < -0.3 is 0 Å². The van der Waals surface area contributed by atoms with E-state index < -0.39 is 0 Å². The third kappa shape index (κ3) is 2.23. The minimum absolute atomic E-state index is 0.650. The highest BCUT2D eigenvalue weighted by molar-refractivity contribution is 6.25. The van der Waals surface area contributed by atoms with Crippen LogP contribution in [0.15, 0.2) is 97.6 Å². The number of hydrogen-bond acceptors (Lipinski definition) is 4. The van der Waals surface area contributed by atoms with Crippen LogP contribution in [-0.2, 0) is 0 Å². The van der Waals surface area contributed by atoms with Crippen molar-refractivity contribution in [3.05, 3.63) is 97.6 Å². The Morgan fingerprint density at radius 3 is 1.69 bits per heavy atom. The molecule has 6 nitrogen and oxygen atoms in total. The summed E-state index contributed by atoms with van der Waals surface area (Å²) >= 11 is 0. The smallest absolute Gasteiger partial charge is 0.234 e. The summed E-state index contributed by atoms with van der Waals surface area (Å²) in [6.45, 7) is 0. The van der Waals surface area contributed by atoms with E-state index in [4.69, 9.17) is 0 Å². The lowest BCUT2D eigenvalue weighted by Gasteiger charge is -2.07. The lowest BCUT2D eigenvalue weighted by Crippen LogP contribution is -2.01. The van der Waals surface area contributed by atoms with Crippen LogP contribution in [0.5, 0.6) is 0 Å². The summed E-state index contributed by atoms with van der Waals surface area (Å²) in [5.74, 6) is 1.30. The van der Waals surface area contributed by atoms with Crippen molar-refractivity contribution >= 4 is 43.6 Å². The lowest BCUT2D eigenvalue weighted by molar-refractivity contribution is 0.985. The normalized spacial score (nSPS) is 11.8. The van der Waals surface area contributed by atoms with Crippen LogP contribution in [0.3, 0.4) is 0 Å². The second kappa shape index (κ2) is 6.46. The molecule has 0 atom stereocenters. The number of fused-ring (bicyclic) bond motifs is 7. The number of benzene rings is 3. The molecule has 4 heterocycles. The van der Waals surface area contributed by atoms with Gasteiger partial charge in [-0.1, -0.05) is 42.5 Å². The Morgan fingerprint density at radius 1 is 0.438 bits per heavy atom. The van der Waals surface area contributed by atoms with Crippen LogP contribution in [0.1, 0.15) is 0 Å². The zero-order valence-electron chi connectivity index (χ0n) is 16.9. The molecule has 0 radical (unpaired) electrons. The summed E-state index contributed by atoms with van der Waals surface area (Å²) < 4.78 is 4.29. The van der Waals surface area contributed by atoms with Crippen LogP contribution in [0.4, 0.5) is 0 Å². The van der Waals surface area contributed by atoms with Gasteiger partial charge in [0.1, 0.15) is 0 Å². The Bertz CT molecular complexity index is 1760. The van der Waals surface area contributed by atoms with E-state index in [0.717, 1.165) is 38.2 Å². The van der Waals surface area contributed by atoms with E-state index in [1.807, 2.05) is 18.2 Å². The van der Waals surface area contributed by atoms with Gasteiger partial charge in [0.25, 0.3) is 0 Å². The Kier molecular flexibility index (Phi) is 3.46. The van der Waals surface area contributed by atoms with Gasteiger partial charge in [-0.2, -0.15) is 0 Å². The molecule has 0 fully saturated rings. The predicted molar refractivity (Wildman–Crippen MR) is 126 cm³/mol. The van der Waals surface area contributed by atoms with Gasteiger partial charge in [0.15, 0.2) is 0 Å². The molecule has 7 aromatic rings. The SMILES string of the molecule is c1cnc(-n2c3ccccc3c3c2ccc2c4ccccc4n(-c4ncccn4)c23)nc1. The number of para-hydroxylation sites is 2. The van der Waals surface area contributed by atoms with Crippen LogP contribution in [0, 0.1) is 0 Å². The molecule has 150 valence electrons. The number of rotatable bonds is 2. The summed E-state index contributed by atoms with van der Waals surface area (Å²) in [6.07, 6.45) is 7.11. The number of aromatic nitrogens is 6. The molecule has 0 aliphatic heterocycles. The number of nitrogens with zero attached hydrogens (tertiary/aromatic N) is 6. The highest BCUT2D eigenvalue weighted by atomic mass is 15.2. The van der Waals surface area contributed by atoms with E-state index in [9.17, 15) is 0 Å². The molecule has 0 saturated heterocycles. The van der Waals surface area contributed by atoms with Gasteiger partial charge >= 0.3 is 0 Å². The largest absolute Gasteiger partial charge is 0.278 e. The minimum Gasteiger partial charge on any atom is -0.278 e. The van der Waals surface area contributed by atoms with Crippen LogP contribution in [0.2, 0.25) is 0 Å². The van der Waals surface area contributed by atoms with Gasteiger partial charge in [-0.25, -0.2) is 19.9 Å². The van der Waals surface area contributed by atoms with E-state index in [2.05, 4.69) is 83.7 Å². The molecule has 32 heavy (non-hydrogen) atoms. The average Bonchev–Trinajstić information content (AvgIpc) is 3.38. The summed E-state index contributed by atoms with van der Waals surface area (Å²) in [5.41, 5.74) is 4.27. The first-order valence-electron chi connectivity index (χ1n) is 10.4. The van der Waals surface area contributed by atoms with E-state index >= 15 is 0 Å². The quantitative estimate of drug-likeness (QED) is 0.378. The van der Waals surface area contributed by atoms with Crippen molar-refractivity contribution in [1.29, 1.82) is 0 Å². The van der Waals surface area contributed by atoms with E-state index in [1.165, 1.54) is 5.39 Å². The van der Waals surface area contributed by atoms with E-state index in [-0.39, 0.29) is 0 Å². The molecule has 3 aromatic carbocycles. The Morgan fingerprint density at radius 2 is 1.00 bits per heavy atom. The minimum atomic E-state index is 0.650. The van der Waals surface area contributed by atoms with E-state index in [1.54, 1.807) is 24.8 Å². The fourth-order valence-corrected chi connectivity index (χ4v) is 4.75. The highest BCUT2D eigenvalue weighted by Crippen LogP contribution is 2.40. The van der Waals surface area contributed by atoms with Gasteiger partial charge in [-0.15, -0.1) is 0 Å². The number of hydrogen-bond donors (Lipinski definition) is 0. The molecular weight excluding hydrogens is 396 g/mol. The topological polar surface area (TPSA) is 61.4 Å². The molecule has 0 unspecified atom stereocenters. The molecule has 0 amide bonds. The summed E-state index contributed by atoms with van der Waals surface area (Å²) in [6, 6.07) is 24.8. The van der Waals surface area contributed by atoms with Gasteiger partial charge in [-0.05, 0) is 30.3 Å². The maximum absolute atomic E-state index is 4.59. The highest BCUT2D eigenvalue weighted by Gasteiger charge is 2.21. The van der Waals surface area contributed by atoms with Crippen LogP contribution >= 0.6 is 0 Å². The molecule has 0 N–H and O–H groups in total.